The Kier molecular flexibility index (Phi) is 5.09. The average molecular weight is 387 g/mol. The first-order valence-electron chi connectivity index (χ1n) is 9.29. The van der Waals surface area contributed by atoms with Gasteiger partial charge in [0.2, 0.25) is 0 Å². The van der Waals surface area contributed by atoms with E-state index in [0.29, 0.717) is 24.4 Å². The van der Waals surface area contributed by atoms with E-state index >= 15 is 0 Å². The molecule has 2 aliphatic rings. The van der Waals surface area contributed by atoms with E-state index in [1.54, 1.807) is 18.3 Å². The second kappa shape index (κ2) is 7.66. The molecule has 142 valence electrons. The third-order valence-corrected chi connectivity index (χ3v) is 6.22. The van der Waals surface area contributed by atoms with Gasteiger partial charge >= 0.3 is 12.0 Å². The molecule has 3 N–H and O–H groups in total. The van der Waals surface area contributed by atoms with Gasteiger partial charge in [-0.2, -0.15) is 0 Å². The van der Waals surface area contributed by atoms with Gasteiger partial charge < -0.3 is 20.3 Å². The number of amides is 2. The van der Waals surface area contributed by atoms with E-state index < -0.39 is 0 Å². The largest absolute Gasteiger partial charge is 0.463 e. The molecule has 1 aromatic heterocycles. The molecule has 4 rings (SSSR count). The predicted molar refractivity (Wildman–Crippen MR) is 102 cm³/mol. The summed E-state index contributed by atoms with van der Waals surface area (Å²) in [6.07, 6.45) is 2.16. The first kappa shape index (κ1) is 17.9. The number of carbonyl (C=O) groups is 2. The minimum atomic E-state index is -0.366. The van der Waals surface area contributed by atoms with Crippen molar-refractivity contribution >= 4 is 33.6 Å². The molecule has 0 spiro atoms. The van der Waals surface area contributed by atoms with Crippen LogP contribution in [-0.4, -0.2) is 43.2 Å². The molecule has 0 aliphatic carbocycles. The number of fused-ring (bicyclic) bond motifs is 1. The van der Waals surface area contributed by atoms with Crippen LogP contribution in [-0.2, 0) is 9.53 Å². The predicted octanol–water partition coefficient (Wildman–Crippen LogP) is 1.15. The van der Waals surface area contributed by atoms with Crippen molar-refractivity contribution < 1.29 is 19.2 Å². The molecule has 3 heterocycles. The molecule has 2 aliphatic heterocycles. The zero-order chi connectivity index (χ0) is 18.8. The van der Waals surface area contributed by atoms with Crippen LogP contribution in [0.5, 0.6) is 0 Å². The van der Waals surface area contributed by atoms with E-state index in [4.69, 9.17) is 9.72 Å². The number of nitrogens with one attached hydrogen (secondary N) is 3. The Morgan fingerprint density at radius 2 is 2.26 bits per heavy atom. The zero-order valence-corrected chi connectivity index (χ0v) is 16.0. The molecule has 27 heavy (non-hydrogen) atoms. The van der Waals surface area contributed by atoms with Crippen molar-refractivity contribution in [3.63, 3.8) is 0 Å². The summed E-state index contributed by atoms with van der Waals surface area (Å²) < 4.78 is 6.35. The van der Waals surface area contributed by atoms with E-state index in [1.807, 2.05) is 18.2 Å². The lowest BCUT2D eigenvalue weighted by Crippen LogP contribution is -3.10. The van der Waals surface area contributed by atoms with Gasteiger partial charge in [0.15, 0.2) is 5.01 Å². The van der Waals surface area contributed by atoms with Gasteiger partial charge in [-0.05, 0) is 19.1 Å². The van der Waals surface area contributed by atoms with Crippen molar-refractivity contribution in [2.45, 2.75) is 25.8 Å². The molecule has 8 heteroatoms. The van der Waals surface area contributed by atoms with Gasteiger partial charge in [0.05, 0.1) is 41.2 Å². The normalized spacial score (nSPS) is 22.6. The highest BCUT2D eigenvalue weighted by atomic mass is 32.1. The molecular formula is C19H23N4O3S+. The number of hydrogen-bond donors (Lipinski definition) is 3. The van der Waals surface area contributed by atoms with E-state index in [0.717, 1.165) is 29.9 Å². The van der Waals surface area contributed by atoms with Crippen LogP contribution >= 0.6 is 11.3 Å². The summed E-state index contributed by atoms with van der Waals surface area (Å²) in [4.78, 5) is 30.2. The van der Waals surface area contributed by atoms with Crippen molar-refractivity contribution in [1.29, 1.82) is 0 Å². The van der Waals surface area contributed by atoms with E-state index in [2.05, 4.69) is 16.7 Å². The molecule has 1 unspecified atom stereocenters. The van der Waals surface area contributed by atoms with Crippen LogP contribution in [0.3, 0.4) is 0 Å². The molecule has 1 saturated heterocycles. The lowest BCUT2D eigenvalue weighted by molar-refractivity contribution is -0.913. The summed E-state index contributed by atoms with van der Waals surface area (Å²) in [6.45, 7) is 3.88. The number of likely N-dealkylation sites (tertiary alicyclic amines) is 1. The number of thiazole rings is 1. The number of carbonyl (C=O) groups excluding carboxylic acids is 2. The number of hydrogen-bond acceptors (Lipinski definition) is 5. The molecule has 0 radical (unpaired) electrons. The summed E-state index contributed by atoms with van der Waals surface area (Å²) in [5.74, 6) is -0.366. The smallest absolute Gasteiger partial charge is 0.337 e. The Morgan fingerprint density at radius 1 is 1.41 bits per heavy atom. The first-order chi connectivity index (χ1) is 13.2. The van der Waals surface area contributed by atoms with Gasteiger partial charge in [-0.1, -0.05) is 12.1 Å². The summed E-state index contributed by atoms with van der Waals surface area (Å²) in [7, 11) is 0. The molecular weight excluding hydrogens is 364 g/mol. The van der Waals surface area contributed by atoms with E-state index in [1.165, 1.54) is 9.60 Å². The number of ether oxygens (including phenoxy) is 1. The van der Waals surface area contributed by atoms with E-state index in [-0.39, 0.29) is 24.6 Å². The third-order valence-electron chi connectivity index (χ3n) is 5.07. The number of benzene rings is 1. The number of rotatable bonds is 5. The number of nitrogens with zero attached hydrogens (tertiary/aromatic N) is 1. The first-order valence-corrected chi connectivity index (χ1v) is 10.1. The van der Waals surface area contributed by atoms with Crippen LogP contribution in [0.1, 0.15) is 30.8 Å². The fourth-order valence-electron chi connectivity index (χ4n) is 3.78. The molecule has 2 aromatic rings. The number of quaternary nitrogens is 1. The topological polar surface area (TPSA) is 84.8 Å². The molecule has 0 bridgehead atoms. The Bertz CT molecular complexity index is 874. The third kappa shape index (κ3) is 3.68. The van der Waals surface area contributed by atoms with Crippen LogP contribution in [0.25, 0.3) is 10.2 Å². The monoisotopic (exact) mass is 387 g/mol. The van der Waals surface area contributed by atoms with Crippen molar-refractivity contribution in [1.82, 2.24) is 15.6 Å². The Labute approximate surface area is 161 Å². The van der Waals surface area contributed by atoms with Gasteiger partial charge in [0.1, 0.15) is 12.6 Å². The fraction of sp³-hybridized carbons (Fsp3) is 0.421. The highest BCUT2D eigenvalue weighted by Gasteiger charge is 2.35. The Morgan fingerprint density at radius 3 is 3.07 bits per heavy atom. The lowest BCUT2D eigenvalue weighted by Gasteiger charge is -2.25. The van der Waals surface area contributed by atoms with Crippen LogP contribution in [0, 0.1) is 0 Å². The van der Waals surface area contributed by atoms with Gasteiger partial charge in [-0.25, -0.2) is 14.6 Å². The fourth-order valence-corrected chi connectivity index (χ4v) is 4.94. The SMILES string of the molecule is CCOC(=O)C1=C(C[NH+]2CCC[C@@H]2c2nc3ccccc3s2)NC(=O)NC1. The molecule has 2 amide bonds. The molecule has 2 atom stereocenters. The second-order valence-corrected chi connectivity index (χ2v) is 7.85. The Hall–Kier alpha value is -2.45. The number of urea groups is 1. The second-order valence-electron chi connectivity index (χ2n) is 6.78. The maximum absolute atomic E-state index is 12.3. The number of esters is 1. The van der Waals surface area contributed by atoms with Gasteiger partial charge in [0, 0.05) is 12.8 Å². The highest BCUT2D eigenvalue weighted by Crippen LogP contribution is 2.28. The summed E-state index contributed by atoms with van der Waals surface area (Å²) in [6, 6.07) is 8.19. The average Bonchev–Trinajstić information content (AvgIpc) is 3.28. The van der Waals surface area contributed by atoms with Crippen LogP contribution in [0.2, 0.25) is 0 Å². The highest BCUT2D eigenvalue weighted by molar-refractivity contribution is 7.18. The molecule has 0 saturated carbocycles. The van der Waals surface area contributed by atoms with Gasteiger partial charge in [-0.3, -0.25) is 0 Å². The molecule has 1 fully saturated rings. The molecule has 7 nitrogen and oxygen atoms in total. The van der Waals surface area contributed by atoms with E-state index in [9.17, 15) is 9.59 Å². The summed E-state index contributed by atoms with van der Waals surface area (Å²) >= 11 is 1.74. The van der Waals surface area contributed by atoms with Crippen LogP contribution in [0.15, 0.2) is 35.5 Å². The maximum atomic E-state index is 12.3. The van der Waals surface area contributed by atoms with Crippen LogP contribution < -0.4 is 15.5 Å². The maximum Gasteiger partial charge on any atom is 0.337 e. The van der Waals surface area contributed by atoms with Crippen LogP contribution in [0.4, 0.5) is 4.79 Å². The van der Waals surface area contributed by atoms with Gasteiger partial charge in [-0.15, -0.1) is 11.3 Å². The van der Waals surface area contributed by atoms with Crippen molar-refractivity contribution in [2.75, 3.05) is 26.2 Å². The summed E-state index contributed by atoms with van der Waals surface area (Å²) in [5.41, 5.74) is 2.21. The zero-order valence-electron chi connectivity index (χ0n) is 15.2. The number of para-hydroxylation sites is 1. The minimum Gasteiger partial charge on any atom is -0.463 e. The molecule has 1 aromatic carbocycles. The standard InChI is InChI=1S/C19H22N4O3S/c1-2-26-18(24)12-10-20-19(25)22-14(12)11-23-9-5-7-15(23)17-21-13-6-3-4-8-16(13)27-17/h3-4,6,8,15H,2,5,7,9-11H2,1H3,(H2,20,22,25)/p+1/t15-/m1/s1. The van der Waals surface area contributed by atoms with Crippen molar-refractivity contribution in [2.24, 2.45) is 0 Å². The quantitative estimate of drug-likeness (QED) is 0.672. The lowest BCUT2D eigenvalue weighted by atomic mass is 10.1. The van der Waals surface area contributed by atoms with Crippen molar-refractivity contribution in [3.05, 3.63) is 40.5 Å². The summed E-state index contributed by atoms with van der Waals surface area (Å²) in [5, 5.41) is 6.61. The number of aromatic nitrogens is 1. The van der Waals surface area contributed by atoms with Gasteiger partial charge in [0.25, 0.3) is 0 Å². The van der Waals surface area contributed by atoms with Crippen molar-refractivity contribution in [3.8, 4) is 0 Å². The Balaban J connectivity index is 1.59. The minimum absolute atomic E-state index is 0.207.